The molecule has 3 fully saturated rings. The van der Waals surface area contributed by atoms with E-state index in [4.69, 9.17) is 4.52 Å². The van der Waals surface area contributed by atoms with Crippen molar-refractivity contribution in [3.05, 3.63) is 18.0 Å². The lowest BCUT2D eigenvalue weighted by Crippen LogP contribution is -2.57. The minimum absolute atomic E-state index is 0.0884. The molecule has 4 heterocycles. The van der Waals surface area contributed by atoms with E-state index in [9.17, 15) is 13.8 Å². The van der Waals surface area contributed by atoms with Crippen LogP contribution in [0.4, 0.5) is 0 Å². The summed E-state index contributed by atoms with van der Waals surface area (Å²) in [4.78, 5) is 31.1. The molecular formula is C17H24N4O4S. The molecule has 142 valence electrons. The van der Waals surface area contributed by atoms with E-state index >= 15 is 0 Å². The maximum Gasteiger partial charge on any atom is 0.276 e. The van der Waals surface area contributed by atoms with Gasteiger partial charge in [-0.2, -0.15) is 0 Å². The average Bonchev–Trinajstić information content (AvgIpc) is 3.16. The zero-order valence-electron chi connectivity index (χ0n) is 14.7. The third kappa shape index (κ3) is 3.83. The van der Waals surface area contributed by atoms with Crippen molar-refractivity contribution in [2.24, 2.45) is 11.8 Å². The van der Waals surface area contributed by atoms with E-state index in [1.54, 1.807) is 6.07 Å². The number of likely N-dealkylation sites (tertiary alicyclic amines) is 2. The summed E-state index contributed by atoms with van der Waals surface area (Å²) < 4.78 is 16.2. The number of piperidine rings is 2. The van der Waals surface area contributed by atoms with Crippen LogP contribution in [0.3, 0.4) is 0 Å². The molecule has 2 amide bonds. The Kier molecular flexibility index (Phi) is 5.08. The van der Waals surface area contributed by atoms with Crippen LogP contribution < -0.4 is 0 Å². The van der Waals surface area contributed by atoms with Gasteiger partial charge >= 0.3 is 0 Å². The lowest BCUT2D eigenvalue weighted by Gasteiger charge is -2.46. The first-order valence-corrected chi connectivity index (χ1v) is 10.6. The zero-order valence-corrected chi connectivity index (χ0v) is 15.5. The second-order valence-electron chi connectivity index (χ2n) is 7.49. The monoisotopic (exact) mass is 380 g/mol. The molecule has 3 aliphatic heterocycles. The van der Waals surface area contributed by atoms with Gasteiger partial charge in [-0.25, -0.2) is 0 Å². The van der Waals surface area contributed by atoms with Crippen molar-refractivity contribution >= 4 is 22.6 Å². The summed E-state index contributed by atoms with van der Waals surface area (Å²) in [6.45, 7) is 4.62. The number of hydrogen-bond acceptors (Lipinski definition) is 6. The molecule has 0 saturated carbocycles. The Morgan fingerprint density at radius 2 is 1.77 bits per heavy atom. The summed E-state index contributed by atoms with van der Waals surface area (Å²) in [6, 6.07) is 1.59. The summed E-state index contributed by atoms with van der Waals surface area (Å²) in [5.41, 5.74) is 0.348. The summed E-state index contributed by atoms with van der Waals surface area (Å²) in [5, 5.41) is 3.74. The molecule has 0 aliphatic carbocycles. The van der Waals surface area contributed by atoms with Crippen molar-refractivity contribution in [1.29, 1.82) is 0 Å². The van der Waals surface area contributed by atoms with Crippen molar-refractivity contribution in [3.8, 4) is 0 Å². The fraction of sp³-hybridized carbons (Fsp3) is 0.706. The predicted molar refractivity (Wildman–Crippen MR) is 94.9 cm³/mol. The number of hydrogen-bond donors (Lipinski definition) is 0. The topological polar surface area (TPSA) is 87.0 Å². The molecule has 3 aliphatic rings. The molecule has 2 atom stereocenters. The highest BCUT2D eigenvalue weighted by Gasteiger charge is 2.38. The Morgan fingerprint density at radius 1 is 1.12 bits per heavy atom. The molecule has 0 radical (unpaired) electrons. The minimum Gasteiger partial charge on any atom is -0.364 e. The van der Waals surface area contributed by atoms with Gasteiger partial charge in [0.25, 0.3) is 5.91 Å². The number of nitrogens with zero attached hydrogens (tertiary/aromatic N) is 4. The van der Waals surface area contributed by atoms with E-state index in [2.05, 4.69) is 10.1 Å². The number of amides is 2. The van der Waals surface area contributed by atoms with Crippen LogP contribution in [0.1, 0.15) is 16.9 Å². The standard InChI is InChI=1S/C17H24N4O4S/c22-16(12-19-2-5-26(24)6-3-19)20-8-13-7-14(9-20)11-21(10-13)17(23)15-1-4-25-18-15/h1,4,13-14H,2-3,5-12H2. The van der Waals surface area contributed by atoms with Crippen molar-refractivity contribution in [2.45, 2.75) is 6.42 Å². The van der Waals surface area contributed by atoms with Crippen LogP contribution in [0.15, 0.2) is 16.9 Å². The molecule has 0 N–H and O–H groups in total. The molecule has 3 saturated heterocycles. The van der Waals surface area contributed by atoms with E-state index < -0.39 is 10.8 Å². The molecule has 4 rings (SSSR count). The molecule has 9 heteroatoms. The van der Waals surface area contributed by atoms with Crippen LogP contribution in [0.2, 0.25) is 0 Å². The average molecular weight is 380 g/mol. The summed E-state index contributed by atoms with van der Waals surface area (Å²) in [5.74, 6) is 2.03. The number of rotatable bonds is 3. The van der Waals surface area contributed by atoms with Crippen LogP contribution >= 0.6 is 0 Å². The van der Waals surface area contributed by atoms with Gasteiger partial charge in [0.15, 0.2) is 5.69 Å². The fourth-order valence-electron chi connectivity index (χ4n) is 4.26. The normalized spacial score (nSPS) is 27.5. The predicted octanol–water partition coefficient (Wildman–Crippen LogP) is -0.341. The molecule has 26 heavy (non-hydrogen) atoms. The third-order valence-electron chi connectivity index (χ3n) is 5.51. The van der Waals surface area contributed by atoms with Crippen molar-refractivity contribution < 1.29 is 18.3 Å². The smallest absolute Gasteiger partial charge is 0.276 e. The van der Waals surface area contributed by atoms with E-state index in [1.807, 2.05) is 9.80 Å². The third-order valence-corrected chi connectivity index (χ3v) is 6.78. The van der Waals surface area contributed by atoms with E-state index in [-0.39, 0.29) is 11.8 Å². The SMILES string of the molecule is O=C(CN1CCS(=O)CC1)N1CC2CC(C1)CN(C(=O)c1ccon1)C2. The van der Waals surface area contributed by atoms with Gasteiger partial charge in [0.2, 0.25) is 5.91 Å². The summed E-state index contributed by atoms with van der Waals surface area (Å²) in [7, 11) is -0.721. The Bertz CT molecular complexity index is 671. The van der Waals surface area contributed by atoms with Gasteiger partial charge in [-0.15, -0.1) is 0 Å². The van der Waals surface area contributed by atoms with Crippen LogP contribution in [-0.2, 0) is 15.6 Å². The molecule has 0 aromatic carbocycles. The van der Waals surface area contributed by atoms with Gasteiger partial charge in [-0.05, 0) is 18.3 Å². The van der Waals surface area contributed by atoms with E-state index in [1.165, 1.54) is 6.26 Å². The first-order valence-electron chi connectivity index (χ1n) is 9.13. The highest BCUT2D eigenvalue weighted by molar-refractivity contribution is 7.85. The molecule has 2 bridgehead atoms. The first kappa shape index (κ1) is 17.7. The quantitative estimate of drug-likeness (QED) is 0.713. The van der Waals surface area contributed by atoms with Gasteiger partial charge in [-0.1, -0.05) is 5.16 Å². The summed E-state index contributed by atoms with van der Waals surface area (Å²) >= 11 is 0. The molecule has 8 nitrogen and oxygen atoms in total. The molecule has 0 spiro atoms. The van der Waals surface area contributed by atoms with Crippen LogP contribution in [0.25, 0.3) is 0 Å². The second-order valence-corrected chi connectivity index (χ2v) is 9.18. The highest BCUT2D eigenvalue weighted by Crippen LogP contribution is 2.29. The van der Waals surface area contributed by atoms with Crippen molar-refractivity contribution in [2.75, 3.05) is 57.3 Å². The number of aromatic nitrogens is 1. The summed E-state index contributed by atoms with van der Waals surface area (Å²) in [6.07, 6.45) is 2.48. The van der Waals surface area contributed by atoms with Crippen LogP contribution in [0, 0.1) is 11.8 Å². The maximum atomic E-state index is 12.7. The minimum atomic E-state index is -0.721. The molecule has 1 aromatic heterocycles. The Morgan fingerprint density at radius 3 is 2.38 bits per heavy atom. The largest absolute Gasteiger partial charge is 0.364 e. The molecule has 1 aromatic rings. The Labute approximate surface area is 154 Å². The van der Waals surface area contributed by atoms with Gasteiger partial charge in [0, 0.05) is 67.6 Å². The number of carbonyl (C=O) groups excluding carboxylic acids is 2. The highest BCUT2D eigenvalue weighted by atomic mass is 32.2. The first-order chi connectivity index (χ1) is 12.6. The van der Waals surface area contributed by atoms with Gasteiger partial charge in [0.05, 0.1) is 6.54 Å². The lowest BCUT2D eigenvalue weighted by atomic mass is 9.84. The lowest BCUT2D eigenvalue weighted by molar-refractivity contribution is -0.136. The van der Waals surface area contributed by atoms with Gasteiger partial charge in [0.1, 0.15) is 6.26 Å². The molecule has 2 unspecified atom stereocenters. The number of carbonyl (C=O) groups is 2. The fourth-order valence-corrected chi connectivity index (χ4v) is 5.39. The van der Waals surface area contributed by atoms with E-state index in [0.29, 0.717) is 61.8 Å². The van der Waals surface area contributed by atoms with Crippen molar-refractivity contribution in [1.82, 2.24) is 19.9 Å². The van der Waals surface area contributed by atoms with Crippen LogP contribution in [0.5, 0.6) is 0 Å². The van der Waals surface area contributed by atoms with E-state index in [0.717, 1.165) is 19.5 Å². The maximum absolute atomic E-state index is 12.7. The Balaban J connectivity index is 1.32. The zero-order chi connectivity index (χ0) is 18.1. The van der Waals surface area contributed by atoms with Gasteiger partial charge < -0.3 is 14.3 Å². The number of fused-ring (bicyclic) bond motifs is 2. The van der Waals surface area contributed by atoms with Crippen LogP contribution in [-0.4, -0.2) is 93.2 Å². The Hall–Kier alpha value is -1.74. The van der Waals surface area contributed by atoms with Crippen molar-refractivity contribution in [3.63, 3.8) is 0 Å². The van der Waals surface area contributed by atoms with Gasteiger partial charge in [-0.3, -0.25) is 18.7 Å². The molecular weight excluding hydrogens is 356 g/mol. The second kappa shape index (κ2) is 7.48.